The molecular formula is C13H12FN3O4. The minimum atomic E-state index is -0.566. The van der Waals surface area contributed by atoms with E-state index in [1.165, 1.54) is 18.3 Å². The van der Waals surface area contributed by atoms with Crippen molar-refractivity contribution in [3.05, 3.63) is 52.0 Å². The highest BCUT2D eigenvalue weighted by Crippen LogP contribution is 2.22. The van der Waals surface area contributed by atoms with E-state index in [0.29, 0.717) is 13.2 Å². The van der Waals surface area contributed by atoms with Crippen LogP contribution in [0, 0.1) is 15.9 Å². The fourth-order valence-corrected chi connectivity index (χ4v) is 2.05. The Morgan fingerprint density at radius 3 is 2.95 bits per heavy atom. The summed E-state index contributed by atoms with van der Waals surface area (Å²) in [6, 6.07) is 6.25. The maximum atomic E-state index is 12.8. The predicted octanol–water partition coefficient (Wildman–Crippen LogP) is 1.91. The van der Waals surface area contributed by atoms with Gasteiger partial charge in [0.05, 0.1) is 13.2 Å². The van der Waals surface area contributed by atoms with Crippen LogP contribution in [0.25, 0.3) is 0 Å². The van der Waals surface area contributed by atoms with Crippen LogP contribution in [-0.2, 0) is 17.9 Å². The number of hydrogen-bond acceptors (Lipinski definition) is 5. The van der Waals surface area contributed by atoms with Crippen molar-refractivity contribution in [1.82, 2.24) is 9.55 Å². The van der Waals surface area contributed by atoms with Crippen molar-refractivity contribution in [1.29, 1.82) is 0 Å². The zero-order chi connectivity index (χ0) is 14.8. The van der Waals surface area contributed by atoms with Crippen LogP contribution >= 0.6 is 0 Å². The van der Waals surface area contributed by atoms with E-state index in [9.17, 15) is 14.5 Å². The molecule has 2 heterocycles. The highest BCUT2D eigenvalue weighted by molar-refractivity contribution is 5.21. The Balaban J connectivity index is 1.61. The lowest BCUT2D eigenvalue weighted by molar-refractivity contribution is -0.389. The number of benzene rings is 1. The summed E-state index contributed by atoms with van der Waals surface area (Å²) in [6.45, 7) is 1.02. The molecule has 0 N–H and O–H groups in total. The molecule has 0 aliphatic carbocycles. The monoisotopic (exact) mass is 293 g/mol. The van der Waals surface area contributed by atoms with E-state index in [0.717, 1.165) is 5.56 Å². The Bertz CT molecular complexity index is 656. The largest absolute Gasteiger partial charge is 0.443 e. The number of nitro groups is 1. The molecule has 0 saturated carbocycles. The van der Waals surface area contributed by atoms with Crippen molar-refractivity contribution in [3.63, 3.8) is 0 Å². The van der Waals surface area contributed by atoms with Gasteiger partial charge in [-0.2, -0.15) is 0 Å². The van der Waals surface area contributed by atoms with Crippen molar-refractivity contribution in [2.24, 2.45) is 0 Å². The number of imidazole rings is 1. The number of rotatable bonds is 4. The minimum Gasteiger partial charge on any atom is -0.443 e. The number of ether oxygens (including phenoxy) is 2. The van der Waals surface area contributed by atoms with E-state index >= 15 is 0 Å². The van der Waals surface area contributed by atoms with Crippen LogP contribution in [-0.4, -0.2) is 27.2 Å². The number of aromatic nitrogens is 2. The number of fused-ring (bicyclic) bond motifs is 1. The van der Waals surface area contributed by atoms with Crippen molar-refractivity contribution < 1.29 is 18.8 Å². The second-order valence-corrected chi connectivity index (χ2v) is 4.66. The minimum absolute atomic E-state index is 0.225. The zero-order valence-corrected chi connectivity index (χ0v) is 10.9. The average molecular weight is 293 g/mol. The van der Waals surface area contributed by atoms with E-state index in [2.05, 4.69) is 4.98 Å². The first kappa shape index (κ1) is 13.5. The first-order valence-corrected chi connectivity index (χ1v) is 6.32. The third-order valence-corrected chi connectivity index (χ3v) is 3.11. The first-order chi connectivity index (χ1) is 10.1. The second kappa shape index (κ2) is 5.49. The van der Waals surface area contributed by atoms with Gasteiger partial charge in [-0.1, -0.05) is 12.1 Å². The van der Waals surface area contributed by atoms with Gasteiger partial charge in [-0.05, 0) is 22.6 Å². The van der Waals surface area contributed by atoms with Gasteiger partial charge >= 0.3 is 11.8 Å². The summed E-state index contributed by atoms with van der Waals surface area (Å²) >= 11 is 0. The van der Waals surface area contributed by atoms with Crippen LogP contribution in [0.1, 0.15) is 5.56 Å². The van der Waals surface area contributed by atoms with Gasteiger partial charge in [0.1, 0.15) is 24.7 Å². The van der Waals surface area contributed by atoms with Gasteiger partial charge < -0.3 is 19.6 Å². The maximum absolute atomic E-state index is 12.8. The third kappa shape index (κ3) is 3.00. The molecule has 0 unspecified atom stereocenters. The predicted molar refractivity (Wildman–Crippen MR) is 69.4 cm³/mol. The summed E-state index contributed by atoms with van der Waals surface area (Å²) in [7, 11) is 0. The van der Waals surface area contributed by atoms with Gasteiger partial charge in [0.15, 0.2) is 0 Å². The van der Waals surface area contributed by atoms with Crippen LogP contribution in [0.3, 0.4) is 0 Å². The molecule has 1 aromatic heterocycles. The molecule has 2 aromatic rings. The third-order valence-electron chi connectivity index (χ3n) is 3.11. The molecule has 21 heavy (non-hydrogen) atoms. The summed E-state index contributed by atoms with van der Waals surface area (Å²) in [5, 5.41) is 10.7. The average Bonchev–Trinajstić information content (AvgIpc) is 2.90. The molecule has 110 valence electrons. The molecule has 0 amide bonds. The topological polar surface area (TPSA) is 79.4 Å². The normalized spacial score (nSPS) is 17.1. The smallest absolute Gasteiger partial charge is 0.414 e. The Kier molecular flexibility index (Phi) is 3.53. The van der Waals surface area contributed by atoms with E-state index in [1.54, 1.807) is 16.7 Å². The summed E-state index contributed by atoms with van der Waals surface area (Å²) in [5.41, 5.74) is 0.846. The molecule has 1 aromatic carbocycles. The Morgan fingerprint density at radius 2 is 2.24 bits per heavy atom. The molecule has 1 atom stereocenters. The summed E-state index contributed by atoms with van der Waals surface area (Å²) in [5.74, 6) is -0.542. The van der Waals surface area contributed by atoms with E-state index in [1.807, 2.05) is 0 Å². The van der Waals surface area contributed by atoms with E-state index in [-0.39, 0.29) is 30.4 Å². The molecule has 3 rings (SSSR count). The second-order valence-electron chi connectivity index (χ2n) is 4.66. The van der Waals surface area contributed by atoms with Gasteiger partial charge in [-0.15, -0.1) is 0 Å². The summed E-state index contributed by atoms with van der Waals surface area (Å²) in [6.07, 6.45) is 1.08. The lowest BCUT2D eigenvalue weighted by Gasteiger charge is -2.22. The Hall–Kier alpha value is -2.48. The van der Waals surface area contributed by atoms with Crippen molar-refractivity contribution in [2.45, 2.75) is 19.3 Å². The van der Waals surface area contributed by atoms with Crippen LogP contribution in [0.2, 0.25) is 0 Å². The zero-order valence-electron chi connectivity index (χ0n) is 10.9. The van der Waals surface area contributed by atoms with Crippen LogP contribution < -0.4 is 4.74 Å². The molecule has 0 saturated heterocycles. The number of nitrogens with zero attached hydrogens (tertiary/aromatic N) is 3. The molecule has 0 radical (unpaired) electrons. The molecule has 0 fully saturated rings. The van der Waals surface area contributed by atoms with Gasteiger partial charge in [-0.3, -0.25) is 4.57 Å². The van der Waals surface area contributed by atoms with E-state index in [4.69, 9.17) is 9.47 Å². The van der Waals surface area contributed by atoms with Gasteiger partial charge in [0, 0.05) is 4.98 Å². The molecule has 0 bridgehead atoms. The fraction of sp³-hybridized carbons (Fsp3) is 0.308. The van der Waals surface area contributed by atoms with Gasteiger partial charge in [0.2, 0.25) is 0 Å². The standard InChI is InChI=1S/C13H12FN3O4/c14-10-3-1-9(2-4-10)7-20-11-5-16-6-12(17(18)19)15-13(16)21-8-11/h1-4,6,11H,5,7-8H2/t11-/m1/s1. The van der Waals surface area contributed by atoms with Crippen molar-refractivity contribution in [2.75, 3.05) is 6.61 Å². The molecule has 8 heteroatoms. The van der Waals surface area contributed by atoms with Crippen molar-refractivity contribution >= 4 is 5.82 Å². The highest BCUT2D eigenvalue weighted by atomic mass is 19.1. The molecule has 7 nitrogen and oxygen atoms in total. The molecule has 1 aliphatic heterocycles. The van der Waals surface area contributed by atoms with Crippen LogP contribution in [0.5, 0.6) is 6.01 Å². The Morgan fingerprint density at radius 1 is 1.48 bits per heavy atom. The number of hydrogen-bond donors (Lipinski definition) is 0. The first-order valence-electron chi connectivity index (χ1n) is 6.32. The summed E-state index contributed by atoms with van der Waals surface area (Å²) in [4.78, 5) is 13.8. The highest BCUT2D eigenvalue weighted by Gasteiger charge is 2.28. The summed E-state index contributed by atoms with van der Waals surface area (Å²) < 4.78 is 25.3. The maximum Gasteiger partial charge on any atom is 0.414 e. The Labute approximate surface area is 119 Å². The quantitative estimate of drug-likeness (QED) is 0.635. The van der Waals surface area contributed by atoms with Crippen LogP contribution in [0.4, 0.5) is 10.2 Å². The lowest BCUT2D eigenvalue weighted by atomic mass is 10.2. The van der Waals surface area contributed by atoms with Crippen molar-refractivity contribution in [3.8, 4) is 6.01 Å². The van der Waals surface area contributed by atoms with E-state index < -0.39 is 4.92 Å². The molecule has 0 spiro atoms. The van der Waals surface area contributed by atoms with Gasteiger partial charge in [0.25, 0.3) is 0 Å². The van der Waals surface area contributed by atoms with Crippen LogP contribution in [0.15, 0.2) is 30.5 Å². The fourth-order valence-electron chi connectivity index (χ4n) is 2.05. The molecular weight excluding hydrogens is 281 g/mol. The SMILES string of the molecule is O=[N+]([O-])c1cn2c(n1)OC[C@H](OCc1ccc(F)cc1)C2. The lowest BCUT2D eigenvalue weighted by Crippen LogP contribution is -2.32. The number of halogens is 1. The van der Waals surface area contributed by atoms with Gasteiger partial charge in [-0.25, -0.2) is 4.39 Å². The molecule has 1 aliphatic rings.